The molecule has 1 saturated heterocycles. The van der Waals surface area contributed by atoms with E-state index in [-0.39, 0.29) is 29.9 Å². The lowest BCUT2D eigenvalue weighted by Gasteiger charge is -2.24. The predicted molar refractivity (Wildman–Crippen MR) is 158 cm³/mol. The molecule has 4 N–H and O–H groups in total. The minimum atomic E-state index is -1.32. The first-order chi connectivity index (χ1) is 21.1. The van der Waals surface area contributed by atoms with Crippen LogP contribution in [0.5, 0.6) is 5.75 Å². The van der Waals surface area contributed by atoms with Gasteiger partial charge in [-0.15, -0.1) is 0 Å². The van der Waals surface area contributed by atoms with Crippen LogP contribution in [-0.2, 0) is 14.3 Å². The number of ether oxygens (including phenoxy) is 2. The molecule has 4 amide bonds. The summed E-state index contributed by atoms with van der Waals surface area (Å²) in [4.78, 5) is 65.0. The summed E-state index contributed by atoms with van der Waals surface area (Å²) in [7, 11) is 0. The molecule has 4 rings (SSSR count). The number of nitrogens with one attached hydrogen (secondary N) is 2. The molecule has 0 aromatic heterocycles. The molecule has 0 saturated carbocycles. The Kier molecular flexibility index (Phi) is 10.8. The SMILES string of the molecule is CC(C)C[C@H](NC(=O)[C@H](CO)NC(=O)c1cccc(OCCCCCN2C(=O)c3ccccc3C2=O)c1)C(=O)C1(CO)CO1. The van der Waals surface area contributed by atoms with E-state index < -0.39 is 48.5 Å². The Bertz CT molecular complexity index is 1350. The van der Waals surface area contributed by atoms with Crippen LogP contribution in [0, 0.1) is 5.92 Å². The molecule has 2 heterocycles. The molecule has 0 aliphatic carbocycles. The quantitative estimate of drug-likeness (QED) is 0.118. The molecule has 236 valence electrons. The Morgan fingerprint density at radius 3 is 2.23 bits per heavy atom. The van der Waals surface area contributed by atoms with Gasteiger partial charge in [0, 0.05) is 12.1 Å². The van der Waals surface area contributed by atoms with Crippen molar-refractivity contribution in [3.63, 3.8) is 0 Å². The van der Waals surface area contributed by atoms with Gasteiger partial charge >= 0.3 is 0 Å². The minimum Gasteiger partial charge on any atom is -0.494 e. The van der Waals surface area contributed by atoms with Crippen LogP contribution in [0.15, 0.2) is 48.5 Å². The number of carbonyl (C=O) groups is 5. The van der Waals surface area contributed by atoms with Crippen LogP contribution < -0.4 is 15.4 Å². The molecule has 1 unspecified atom stereocenters. The van der Waals surface area contributed by atoms with Crippen LogP contribution in [-0.4, -0.2) is 95.2 Å². The van der Waals surface area contributed by atoms with E-state index in [1.54, 1.807) is 36.4 Å². The van der Waals surface area contributed by atoms with Crippen LogP contribution in [0.2, 0.25) is 0 Å². The summed E-state index contributed by atoms with van der Waals surface area (Å²) in [6.07, 6.45) is 2.29. The van der Waals surface area contributed by atoms with Crippen LogP contribution >= 0.6 is 0 Å². The molecule has 0 spiro atoms. The second-order valence-corrected chi connectivity index (χ2v) is 11.4. The number of rotatable bonds is 17. The first kappa shape index (κ1) is 32.8. The molecule has 3 atom stereocenters. The Morgan fingerprint density at radius 1 is 0.955 bits per heavy atom. The van der Waals surface area contributed by atoms with E-state index in [0.717, 1.165) is 0 Å². The lowest BCUT2D eigenvalue weighted by molar-refractivity contribution is -0.133. The van der Waals surface area contributed by atoms with Gasteiger partial charge in [-0.25, -0.2) is 0 Å². The van der Waals surface area contributed by atoms with E-state index in [1.165, 1.54) is 17.0 Å². The van der Waals surface area contributed by atoms with E-state index >= 15 is 0 Å². The number of aliphatic hydroxyl groups excluding tert-OH is 2. The number of hydrogen-bond acceptors (Lipinski definition) is 9. The first-order valence-electron chi connectivity index (χ1n) is 14.8. The summed E-state index contributed by atoms with van der Waals surface area (Å²) in [5.41, 5.74) is -0.245. The Morgan fingerprint density at radius 2 is 1.64 bits per heavy atom. The number of aliphatic hydroxyl groups is 2. The Hall–Kier alpha value is -4.13. The second-order valence-electron chi connectivity index (χ2n) is 11.4. The highest BCUT2D eigenvalue weighted by atomic mass is 16.6. The minimum absolute atomic E-state index is 0.0417. The van der Waals surface area contributed by atoms with Gasteiger partial charge in [-0.2, -0.15) is 0 Å². The summed E-state index contributed by atoms with van der Waals surface area (Å²) >= 11 is 0. The van der Waals surface area contributed by atoms with Crippen molar-refractivity contribution in [3.05, 3.63) is 65.2 Å². The number of epoxide rings is 1. The van der Waals surface area contributed by atoms with Crippen LogP contribution in [0.25, 0.3) is 0 Å². The number of amides is 4. The van der Waals surface area contributed by atoms with Gasteiger partial charge in [-0.3, -0.25) is 28.9 Å². The molecular formula is C32H39N3O9. The highest BCUT2D eigenvalue weighted by Gasteiger charge is 2.54. The van der Waals surface area contributed by atoms with Gasteiger partial charge in [-0.05, 0) is 61.9 Å². The topological polar surface area (TPSA) is 175 Å². The zero-order valence-electron chi connectivity index (χ0n) is 24.9. The number of benzene rings is 2. The monoisotopic (exact) mass is 609 g/mol. The number of Topliss-reactive ketones (excluding diaryl/α,β-unsaturated/α-hetero) is 1. The molecule has 0 bridgehead atoms. The van der Waals surface area contributed by atoms with Gasteiger partial charge in [-0.1, -0.05) is 32.0 Å². The van der Waals surface area contributed by atoms with Crippen molar-refractivity contribution in [1.82, 2.24) is 15.5 Å². The fraction of sp³-hybridized carbons (Fsp3) is 0.469. The summed E-state index contributed by atoms with van der Waals surface area (Å²) in [6, 6.07) is 10.9. The number of fused-ring (bicyclic) bond motifs is 1. The lowest BCUT2D eigenvalue weighted by atomic mass is 9.92. The molecule has 2 aromatic rings. The van der Waals surface area contributed by atoms with Gasteiger partial charge in [0.15, 0.2) is 11.4 Å². The highest BCUT2D eigenvalue weighted by Crippen LogP contribution is 2.30. The van der Waals surface area contributed by atoms with Crippen molar-refractivity contribution in [2.24, 2.45) is 5.92 Å². The fourth-order valence-corrected chi connectivity index (χ4v) is 5.04. The smallest absolute Gasteiger partial charge is 0.261 e. The van der Waals surface area contributed by atoms with E-state index in [0.29, 0.717) is 55.7 Å². The second kappa shape index (κ2) is 14.6. The van der Waals surface area contributed by atoms with Gasteiger partial charge in [0.05, 0.1) is 43.6 Å². The third-order valence-electron chi connectivity index (χ3n) is 7.61. The fourth-order valence-electron chi connectivity index (χ4n) is 5.04. The number of hydrogen-bond donors (Lipinski definition) is 4. The van der Waals surface area contributed by atoms with Crippen molar-refractivity contribution in [2.75, 3.05) is 33.0 Å². The number of imide groups is 1. The maximum atomic E-state index is 12.9. The van der Waals surface area contributed by atoms with Gasteiger partial charge in [0.2, 0.25) is 5.91 Å². The van der Waals surface area contributed by atoms with Crippen molar-refractivity contribution >= 4 is 29.4 Å². The van der Waals surface area contributed by atoms with Gasteiger partial charge in [0.1, 0.15) is 11.8 Å². The Balaban J connectivity index is 1.23. The molecule has 2 aromatic carbocycles. The van der Waals surface area contributed by atoms with E-state index in [9.17, 15) is 34.2 Å². The molecule has 2 aliphatic rings. The standard InChI is InChI=1S/C32H39N3O9/c1-20(2)15-25(27(38)32(18-37)19-44-32)33-29(40)26(17-36)34-28(39)21-9-8-10-22(16-21)43-14-7-3-6-13-35-30(41)23-11-4-5-12-24(23)31(35)42/h4-5,8-12,16,20,25-26,36-37H,3,6-7,13-15,17-19H2,1-2H3,(H,33,40)(H,34,39)/t25-,26-,32?/m0/s1. The average Bonchev–Trinajstić information content (AvgIpc) is 3.79. The third kappa shape index (κ3) is 7.68. The Labute approximate surface area is 255 Å². The van der Waals surface area contributed by atoms with Crippen molar-refractivity contribution in [2.45, 2.75) is 57.2 Å². The molecule has 0 radical (unpaired) electrons. The number of carbonyl (C=O) groups excluding carboxylic acids is 5. The third-order valence-corrected chi connectivity index (χ3v) is 7.61. The molecular weight excluding hydrogens is 570 g/mol. The summed E-state index contributed by atoms with van der Waals surface area (Å²) in [6.45, 7) is 3.31. The molecule has 12 nitrogen and oxygen atoms in total. The van der Waals surface area contributed by atoms with E-state index in [2.05, 4.69) is 10.6 Å². The zero-order valence-corrected chi connectivity index (χ0v) is 24.9. The zero-order chi connectivity index (χ0) is 31.9. The van der Waals surface area contributed by atoms with Crippen molar-refractivity contribution < 1.29 is 43.7 Å². The van der Waals surface area contributed by atoms with Crippen LogP contribution in [0.1, 0.15) is 70.6 Å². The van der Waals surface area contributed by atoms with Gasteiger partial charge < -0.3 is 30.3 Å². The summed E-state index contributed by atoms with van der Waals surface area (Å²) in [5, 5.41) is 24.5. The predicted octanol–water partition coefficient (Wildman–Crippen LogP) is 1.48. The lowest BCUT2D eigenvalue weighted by Crippen LogP contribution is -2.55. The molecule has 44 heavy (non-hydrogen) atoms. The van der Waals surface area contributed by atoms with Crippen LogP contribution in [0.3, 0.4) is 0 Å². The van der Waals surface area contributed by atoms with Crippen molar-refractivity contribution in [3.8, 4) is 5.75 Å². The largest absolute Gasteiger partial charge is 0.494 e. The molecule has 2 aliphatic heterocycles. The van der Waals surface area contributed by atoms with Crippen LogP contribution in [0.4, 0.5) is 0 Å². The maximum absolute atomic E-state index is 12.9. The number of nitrogens with zero attached hydrogens (tertiary/aromatic N) is 1. The summed E-state index contributed by atoms with van der Waals surface area (Å²) < 4.78 is 10.9. The molecule has 12 heteroatoms. The average molecular weight is 610 g/mol. The van der Waals surface area contributed by atoms with E-state index in [1.807, 2.05) is 13.8 Å². The van der Waals surface area contributed by atoms with Crippen molar-refractivity contribution in [1.29, 1.82) is 0 Å². The number of ketones is 1. The molecule has 1 fully saturated rings. The highest BCUT2D eigenvalue weighted by molar-refractivity contribution is 6.21. The summed E-state index contributed by atoms with van der Waals surface area (Å²) in [5.74, 6) is -1.87. The van der Waals surface area contributed by atoms with E-state index in [4.69, 9.17) is 9.47 Å². The van der Waals surface area contributed by atoms with Gasteiger partial charge in [0.25, 0.3) is 17.7 Å². The normalized spacial score (nSPS) is 18.5. The number of unbranched alkanes of at least 4 members (excludes halogenated alkanes) is 2. The maximum Gasteiger partial charge on any atom is 0.261 e. The first-order valence-corrected chi connectivity index (χ1v) is 14.8.